The molecule has 1 aromatic carbocycles. The van der Waals surface area contributed by atoms with E-state index in [1.165, 1.54) is 16.9 Å². The van der Waals surface area contributed by atoms with Crippen LogP contribution in [0.5, 0.6) is 0 Å². The third kappa shape index (κ3) is 3.52. The average molecular weight is 400 g/mol. The van der Waals surface area contributed by atoms with Gasteiger partial charge in [-0.15, -0.1) is 11.3 Å². The Morgan fingerprint density at radius 2 is 2.04 bits per heavy atom. The molecule has 2 aliphatic rings. The van der Waals surface area contributed by atoms with Crippen LogP contribution in [0.3, 0.4) is 0 Å². The van der Waals surface area contributed by atoms with Crippen molar-refractivity contribution in [3.8, 4) is 0 Å². The molecule has 4 rings (SSSR count). The van der Waals surface area contributed by atoms with Crippen LogP contribution < -0.4 is 10.6 Å². The van der Waals surface area contributed by atoms with Crippen LogP contribution in [0.2, 0.25) is 0 Å². The van der Waals surface area contributed by atoms with Crippen molar-refractivity contribution in [1.82, 2.24) is 4.90 Å². The molecule has 1 aromatic heterocycles. The monoisotopic (exact) mass is 399 g/mol. The zero-order chi connectivity index (χ0) is 19.7. The van der Waals surface area contributed by atoms with Crippen LogP contribution in [0.4, 0.5) is 10.7 Å². The van der Waals surface area contributed by atoms with Crippen molar-refractivity contribution in [2.75, 3.05) is 36.9 Å². The normalized spacial score (nSPS) is 16.0. The van der Waals surface area contributed by atoms with Crippen LogP contribution in [0, 0.1) is 0 Å². The molecule has 0 unspecified atom stereocenters. The number of fused-ring (bicyclic) bond motifs is 2. The maximum Gasteiger partial charge on any atom is 0.341 e. The summed E-state index contributed by atoms with van der Waals surface area (Å²) >= 11 is 1.46. The number of esters is 1. The van der Waals surface area contributed by atoms with E-state index in [0.717, 1.165) is 48.6 Å². The molecule has 0 aliphatic carbocycles. The number of nitrogens with two attached hydrogens (primary N) is 1. The minimum Gasteiger partial charge on any atom is -0.462 e. The highest BCUT2D eigenvalue weighted by molar-refractivity contribution is 7.16. The largest absolute Gasteiger partial charge is 0.462 e. The average Bonchev–Trinajstić information content (AvgIpc) is 3.26. The van der Waals surface area contributed by atoms with Gasteiger partial charge < -0.3 is 15.4 Å². The molecule has 0 radical (unpaired) electrons. The van der Waals surface area contributed by atoms with Gasteiger partial charge in [-0.05, 0) is 37.0 Å². The molecule has 2 N–H and O–H groups in total. The van der Waals surface area contributed by atoms with Crippen molar-refractivity contribution >= 4 is 33.9 Å². The quantitative estimate of drug-likeness (QED) is 0.783. The zero-order valence-corrected chi connectivity index (χ0v) is 16.9. The molecular weight excluding hydrogens is 374 g/mol. The van der Waals surface area contributed by atoms with Crippen LogP contribution >= 0.6 is 11.3 Å². The van der Waals surface area contributed by atoms with E-state index in [2.05, 4.69) is 11.0 Å². The number of anilines is 2. The van der Waals surface area contributed by atoms with Gasteiger partial charge >= 0.3 is 5.97 Å². The number of carbonyl (C=O) groups is 2. The minimum atomic E-state index is -0.325. The number of rotatable bonds is 5. The Kier molecular flexibility index (Phi) is 5.37. The molecule has 148 valence electrons. The molecule has 0 atom stereocenters. The van der Waals surface area contributed by atoms with Gasteiger partial charge in [-0.1, -0.05) is 18.2 Å². The van der Waals surface area contributed by atoms with Crippen LogP contribution in [-0.2, 0) is 28.9 Å². The molecule has 0 spiro atoms. The fourth-order valence-electron chi connectivity index (χ4n) is 4.08. The van der Waals surface area contributed by atoms with Crippen LogP contribution in [-0.4, -0.2) is 43.0 Å². The second kappa shape index (κ2) is 7.93. The molecule has 2 aromatic rings. The third-order valence-corrected chi connectivity index (χ3v) is 6.52. The molecule has 3 heterocycles. The lowest BCUT2D eigenvalue weighted by molar-refractivity contribution is -0.118. The molecule has 1 amide bonds. The highest BCUT2D eigenvalue weighted by Crippen LogP contribution is 2.36. The summed E-state index contributed by atoms with van der Waals surface area (Å²) in [6, 6.07) is 8.13. The van der Waals surface area contributed by atoms with E-state index in [1.54, 1.807) is 6.92 Å². The van der Waals surface area contributed by atoms with E-state index < -0.39 is 0 Å². The first-order valence-electron chi connectivity index (χ1n) is 9.76. The maximum atomic E-state index is 12.7. The Labute approximate surface area is 168 Å². The number of ether oxygens (including phenoxy) is 1. The van der Waals surface area contributed by atoms with Gasteiger partial charge in [-0.25, -0.2) is 4.79 Å². The lowest BCUT2D eigenvalue weighted by Gasteiger charge is -2.27. The summed E-state index contributed by atoms with van der Waals surface area (Å²) in [7, 11) is 0. The Bertz CT molecular complexity index is 908. The highest BCUT2D eigenvalue weighted by Gasteiger charge is 2.29. The summed E-state index contributed by atoms with van der Waals surface area (Å²) in [6.45, 7) is 5.17. The van der Waals surface area contributed by atoms with Crippen LogP contribution in [0.15, 0.2) is 24.3 Å². The van der Waals surface area contributed by atoms with Gasteiger partial charge in [0.2, 0.25) is 5.91 Å². The fraction of sp³-hybridized carbons (Fsp3) is 0.429. The second-order valence-corrected chi connectivity index (χ2v) is 8.30. The highest BCUT2D eigenvalue weighted by atomic mass is 32.1. The van der Waals surface area contributed by atoms with Crippen molar-refractivity contribution in [3.05, 3.63) is 45.8 Å². The first-order chi connectivity index (χ1) is 13.6. The number of benzene rings is 1. The van der Waals surface area contributed by atoms with Crippen molar-refractivity contribution in [2.45, 2.75) is 32.7 Å². The van der Waals surface area contributed by atoms with E-state index in [1.807, 2.05) is 23.1 Å². The van der Waals surface area contributed by atoms with Crippen LogP contribution in [0.1, 0.15) is 39.7 Å². The van der Waals surface area contributed by atoms with Crippen molar-refractivity contribution in [1.29, 1.82) is 0 Å². The molecule has 0 bridgehead atoms. The molecule has 6 nitrogen and oxygen atoms in total. The summed E-state index contributed by atoms with van der Waals surface area (Å²) in [5.41, 5.74) is 9.96. The first kappa shape index (κ1) is 19.0. The Hall–Kier alpha value is -2.38. The third-order valence-electron chi connectivity index (χ3n) is 5.47. The predicted octanol–water partition coefficient (Wildman–Crippen LogP) is 2.84. The SMILES string of the molecule is CCOC(=O)c1c(N)sc2c1CCN(CCC(=O)N1CCc3ccccc31)C2. The summed E-state index contributed by atoms with van der Waals surface area (Å²) in [6.07, 6.45) is 2.19. The number of para-hydroxylation sites is 1. The Morgan fingerprint density at radius 1 is 1.21 bits per heavy atom. The lowest BCUT2D eigenvalue weighted by Crippen LogP contribution is -2.36. The fourth-order valence-corrected chi connectivity index (χ4v) is 5.23. The Balaban J connectivity index is 1.38. The van der Waals surface area contributed by atoms with Gasteiger partial charge in [0.25, 0.3) is 0 Å². The number of carbonyl (C=O) groups excluding carboxylic acids is 2. The van der Waals surface area contributed by atoms with E-state index in [0.29, 0.717) is 30.1 Å². The number of hydrogen-bond acceptors (Lipinski definition) is 6. The maximum absolute atomic E-state index is 12.7. The summed E-state index contributed by atoms with van der Waals surface area (Å²) in [5, 5.41) is 0.537. The Morgan fingerprint density at radius 3 is 2.86 bits per heavy atom. The van der Waals surface area contributed by atoms with Crippen molar-refractivity contribution in [3.63, 3.8) is 0 Å². The van der Waals surface area contributed by atoms with Crippen molar-refractivity contribution < 1.29 is 14.3 Å². The summed E-state index contributed by atoms with van der Waals surface area (Å²) in [4.78, 5) is 30.2. The minimum absolute atomic E-state index is 0.175. The van der Waals surface area contributed by atoms with Gasteiger partial charge in [0, 0.05) is 43.2 Å². The van der Waals surface area contributed by atoms with Gasteiger partial charge in [0.05, 0.1) is 12.2 Å². The van der Waals surface area contributed by atoms with Crippen molar-refractivity contribution in [2.24, 2.45) is 0 Å². The second-order valence-electron chi connectivity index (χ2n) is 7.16. The summed E-state index contributed by atoms with van der Waals surface area (Å²) in [5.74, 6) is -0.150. The van der Waals surface area contributed by atoms with Gasteiger partial charge in [-0.2, -0.15) is 0 Å². The lowest BCUT2D eigenvalue weighted by atomic mass is 10.0. The summed E-state index contributed by atoms with van der Waals surface area (Å²) < 4.78 is 5.15. The molecule has 28 heavy (non-hydrogen) atoms. The van der Waals surface area contributed by atoms with Crippen LogP contribution in [0.25, 0.3) is 0 Å². The number of hydrogen-bond donors (Lipinski definition) is 1. The predicted molar refractivity (Wildman–Crippen MR) is 111 cm³/mol. The number of amides is 1. The van der Waals surface area contributed by atoms with Gasteiger partial charge in [0.1, 0.15) is 5.00 Å². The van der Waals surface area contributed by atoms with E-state index >= 15 is 0 Å². The number of nitrogens with zero attached hydrogens (tertiary/aromatic N) is 2. The molecule has 0 saturated heterocycles. The molecule has 7 heteroatoms. The zero-order valence-electron chi connectivity index (χ0n) is 16.1. The van der Waals surface area contributed by atoms with E-state index in [4.69, 9.17) is 10.5 Å². The van der Waals surface area contributed by atoms with E-state index in [-0.39, 0.29) is 11.9 Å². The molecule has 0 saturated carbocycles. The van der Waals surface area contributed by atoms with E-state index in [9.17, 15) is 9.59 Å². The number of thiophene rings is 1. The topological polar surface area (TPSA) is 75.9 Å². The number of nitrogen functional groups attached to an aromatic ring is 1. The standard InChI is InChI=1S/C21H25N3O3S/c1-2-27-21(26)19-15-8-10-23(13-17(15)28-20(19)22)11-9-18(25)24-12-7-14-5-3-4-6-16(14)24/h3-6H,2,7-13,22H2,1H3. The molecular formula is C21H25N3O3S. The smallest absolute Gasteiger partial charge is 0.341 e. The van der Waals surface area contributed by atoms with Gasteiger partial charge in [-0.3, -0.25) is 9.69 Å². The van der Waals surface area contributed by atoms with Gasteiger partial charge in [0.15, 0.2) is 0 Å². The molecule has 0 fully saturated rings. The first-order valence-corrected chi connectivity index (χ1v) is 10.6. The molecule has 2 aliphatic heterocycles.